The SMILES string of the molecule is CCCC[C@H]1C(=O)N(C)CCN1C(=O)c1ccc(OC)c(F)c1. The van der Waals surface area contributed by atoms with E-state index in [0.29, 0.717) is 19.5 Å². The zero-order valence-electron chi connectivity index (χ0n) is 13.8. The van der Waals surface area contributed by atoms with Crippen LogP contribution < -0.4 is 4.74 Å². The van der Waals surface area contributed by atoms with Gasteiger partial charge >= 0.3 is 0 Å². The van der Waals surface area contributed by atoms with E-state index in [0.717, 1.165) is 12.8 Å². The topological polar surface area (TPSA) is 49.9 Å². The molecule has 1 aliphatic rings. The molecule has 0 radical (unpaired) electrons. The third-order valence-corrected chi connectivity index (χ3v) is 4.20. The fourth-order valence-corrected chi connectivity index (χ4v) is 2.80. The van der Waals surface area contributed by atoms with Crippen LogP contribution in [0.15, 0.2) is 18.2 Å². The molecule has 0 bridgehead atoms. The highest BCUT2D eigenvalue weighted by atomic mass is 19.1. The van der Waals surface area contributed by atoms with Gasteiger partial charge in [-0.3, -0.25) is 9.59 Å². The summed E-state index contributed by atoms with van der Waals surface area (Å²) >= 11 is 0. The Morgan fingerprint density at radius 2 is 2.13 bits per heavy atom. The Morgan fingerprint density at radius 3 is 2.74 bits per heavy atom. The van der Waals surface area contributed by atoms with Crippen LogP contribution in [0.25, 0.3) is 0 Å². The van der Waals surface area contributed by atoms with Gasteiger partial charge < -0.3 is 14.5 Å². The van der Waals surface area contributed by atoms with Crippen molar-refractivity contribution in [2.45, 2.75) is 32.2 Å². The van der Waals surface area contributed by atoms with Crippen molar-refractivity contribution in [2.75, 3.05) is 27.2 Å². The number of carbonyl (C=O) groups excluding carboxylic acids is 2. The average Bonchev–Trinajstić information content (AvgIpc) is 2.55. The van der Waals surface area contributed by atoms with Crippen LogP contribution in [-0.4, -0.2) is 54.9 Å². The molecule has 1 atom stereocenters. The third-order valence-electron chi connectivity index (χ3n) is 4.20. The number of carbonyl (C=O) groups is 2. The fraction of sp³-hybridized carbons (Fsp3) is 0.529. The summed E-state index contributed by atoms with van der Waals surface area (Å²) in [6.45, 7) is 3.00. The number of methoxy groups -OCH3 is 1. The molecule has 1 aromatic carbocycles. The van der Waals surface area contributed by atoms with Crippen molar-refractivity contribution in [2.24, 2.45) is 0 Å². The van der Waals surface area contributed by atoms with Crippen LogP contribution in [0, 0.1) is 5.82 Å². The highest BCUT2D eigenvalue weighted by Crippen LogP contribution is 2.22. The molecule has 1 fully saturated rings. The predicted octanol–water partition coefficient (Wildman–Crippen LogP) is 2.31. The lowest BCUT2D eigenvalue weighted by atomic mass is 10.0. The second kappa shape index (κ2) is 7.44. The maximum absolute atomic E-state index is 13.8. The van der Waals surface area contributed by atoms with Crippen molar-refractivity contribution in [3.05, 3.63) is 29.6 Å². The summed E-state index contributed by atoms with van der Waals surface area (Å²) in [5, 5.41) is 0. The van der Waals surface area contributed by atoms with Crippen molar-refractivity contribution < 1.29 is 18.7 Å². The van der Waals surface area contributed by atoms with E-state index in [1.165, 1.54) is 25.3 Å². The van der Waals surface area contributed by atoms with Crippen LogP contribution in [0.5, 0.6) is 5.75 Å². The first-order chi connectivity index (χ1) is 11.0. The average molecular weight is 322 g/mol. The molecule has 1 saturated heterocycles. The number of amides is 2. The lowest BCUT2D eigenvalue weighted by Crippen LogP contribution is -2.57. The lowest BCUT2D eigenvalue weighted by molar-refractivity contribution is -0.138. The number of rotatable bonds is 5. The summed E-state index contributed by atoms with van der Waals surface area (Å²) in [5.41, 5.74) is 0.238. The molecule has 0 aliphatic carbocycles. The fourth-order valence-electron chi connectivity index (χ4n) is 2.80. The maximum atomic E-state index is 13.8. The van der Waals surface area contributed by atoms with Gasteiger partial charge in [-0.1, -0.05) is 19.8 Å². The molecule has 0 spiro atoms. The third kappa shape index (κ3) is 3.63. The summed E-state index contributed by atoms with van der Waals surface area (Å²) in [7, 11) is 3.12. The van der Waals surface area contributed by atoms with Crippen molar-refractivity contribution in [1.29, 1.82) is 0 Å². The van der Waals surface area contributed by atoms with Gasteiger partial charge in [0.05, 0.1) is 7.11 Å². The van der Waals surface area contributed by atoms with Gasteiger partial charge in [-0.15, -0.1) is 0 Å². The molecule has 1 aliphatic heterocycles. The van der Waals surface area contributed by atoms with Gasteiger partial charge in [0.1, 0.15) is 6.04 Å². The normalized spacial score (nSPS) is 18.3. The highest BCUT2D eigenvalue weighted by molar-refractivity contribution is 5.98. The smallest absolute Gasteiger partial charge is 0.254 e. The Hall–Kier alpha value is -2.11. The molecular formula is C17H23FN2O3. The standard InChI is InChI=1S/C17H23FN2O3/c1-4-5-6-14-17(22)19(2)9-10-20(14)16(21)12-7-8-15(23-3)13(18)11-12/h7-8,11,14H,4-6,9-10H2,1-3H3/t14-/m0/s1. The first kappa shape index (κ1) is 17.2. The highest BCUT2D eigenvalue weighted by Gasteiger charge is 2.35. The monoisotopic (exact) mass is 322 g/mol. The van der Waals surface area contributed by atoms with Gasteiger partial charge in [0, 0.05) is 25.7 Å². The lowest BCUT2D eigenvalue weighted by Gasteiger charge is -2.39. The zero-order chi connectivity index (χ0) is 17.0. The van der Waals surface area contributed by atoms with E-state index in [1.54, 1.807) is 16.8 Å². The Balaban J connectivity index is 2.24. The minimum Gasteiger partial charge on any atom is -0.494 e. The van der Waals surface area contributed by atoms with E-state index >= 15 is 0 Å². The molecule has 0 unspecified atom stereocenters. The van der Waals surface area contributed by atoms with E-state index in [9.17, 15) is 14.0 Å². The molecule has 5 nitrogen and oxygen atoms in total. The van der Waals surface area contributed by atoms with E-state index in [2.05, 4.69) is 0 Å². The van der Waals surface area contributed by atoms with Gasteiger partial charge in [-0.2, -0.15) is 0 Å². The van der Waals surface area contributed by atoms with Crippen molar-refractivity contribution in [1.82, 2.24) is 9.80 Å². The zero-order valence-corrected chi connectivity index (χ0v) is 13.8. The van der Waals surface area contributed by atoms with Crippen LogP contribution in [0.3, 0.4) is 0 Å². The van der Waals surface area contributed by atoms with Crippen LogP contribution in [0.4, 0.5) is 4.39 Å². The molecule has 0 saturated carbocycles. The largest absolute Gasteiger partial charge is 0.494 e. The molecule has 2 amide bonds. The summed E-state index contributed by atoms with van der Waals surface area (Å²) in [6, 6.07) is 3.66. The summed E-state index contributed by atoms with van der Waals surface area (Å²) in [4.78, 5) is 28.3. The molecule has 1 heterocycles. The van der Waals surface area contributed by atoms with E-state index < -0.39 is 11.9 Å². The number of unbranched alkanes of at least 4 members (excludes halogenated alkanes) is 1. The van der Waals surface area contributed by atoms with Crippen LogP contribution in [0.1, 0.15) is 36.5 Å². The molecule has 23 heavy (non-hydrogen) atoms. The number of ether oxygens (including phenoxy) is 1. The minimum atomic E-state index is -0.580. The number of halogens is 1. The van der Waals surface area contributed by atoms with E-state index in [4.69, 9.17) is 4.74 Å². The second-order valence-corrected chi connectivity index (χ2v) is 5.77. The molecule has 2 rings (SSSR count). The summed E-state index contributed by atoms with van der Waals surface area (Å²) < 4.78 is 18.7. The van der Waals surface area contributed by atoms with E-state index in [1.807, 2.05) is 6.92 Å². The molecule has 0 aromatic heterocycles. The molecular weight excluding hydrogens is 299 g/mol. The van der Waals surface area contributed by atoms with Crippen molar-refractivity contribution in [3.8, 4) is 5.75 Å². The van der Waals surface area contributed by atoms with Crippen LogP contribution in [-0.2, 0) is 4.79 Å². The van der Waals surface area contributed by atoms with E-state index in [-0.39, 0.29) is 23.1 Å². The Labute approximate surface area is 136 Å². The molecule has 1 aromatic rings. The second-order valence-electron chi connectivity index (χ2n) is 5.77. The number of benzene rings is 1. The number of piperazine rings is 1. The first-order valence-corrected chi connectivity index (χ1v) is 7.89. The Bertz CT molecular complexity index is 591. The first-order valence-electron chi connectivity index (χ1n) is 7.89. The van der Waals surface area contributed by atoms with Crippen LogP contribution >= 0.6 is 0 Å². The van der Waals surface area contributed by atoms with Crippen LogP contribution in [0.2, 0.25) is 0 Å². The van der Waals surface area contributed by atoms with Gasteiger partial charge in [0.25, 0.3) is 5.91 Å². The van der Waals surface area contributed by atoms with Gasteiger partial charge in [0.2, 0.25) is 5.91 Å². The van der Waals surface area contributed by atoms with Gasteiger partial charge in [0.15, 0.2) is 11.6 Å². The molecule has 6 heteroatoms. The van der Waals surface area contributed by atoms with Gasteiger partial charge in [-0.25, -0.2) is 4.39 Å². The number of nitrogens with zero attached hydrogens (tertiary/aromatic N) is 2. The molecule has 0 N–H and O–H groups in total. The Kier molecular flexibility index (Phi) is 5.58. The van der Waals surface area contributed by atoms with Crippen molar-refractivity contribution in [3.63, 3.8) is 0 Å². The van der Waals surface area contributed by atoms with Crippen molar-refractivity contribution >= 4 is 11.8 Å². The summed E-state index contributed by atoms with van der Waals surface area (Å²) in [5.74, 6) is -0.844. The molecule has 126 valence electrons. The number of likely N-dealkylation sites (N-methyl/N-ethyl adjacent to an activating group) is 1. The minimum absolute atomic E-state index is 0.0490. The quantitative estimate of drug-likeness (QED) is 0.836. The summed E-state index contributed by atoms with van der Waals surface area (Å²) in [6.07, 6.45) is 2.45. The Morgan fingerprint density at radius 1 is 1.39 bits per heavy atom. The van der Waals surface area contributed by atoms with Gasteiger partial charge in [-0.05, 0) is 24.6 Å². The maximum Gasteiger partial charge on any atom is 0.254 e. The predicted molar refractivity (Wildman–Crippen MR) is 84.9 cm³/mol. The number of hydrogen-bond donors (Lipinski definition) is 0. The number of hydrogen-bond acceptors (Lipinski definition) is 3.